The fourth-order valence-corrected chi connectivity index (χ4v) is 4.17. The van der Waals surface area contributed by atoms with E-state index < -0.39 is 8.32 Å². The van der Waals surface area contributed by atoms with Crippen LogP contribution in [-0.4, -0.2) is 51.3 Å². The van der Waals surface area contributed by atoms with E-state index in [4.69, 9.17) is 4.43 Å². The van der Waals surface area contributed by atoms with Gasteiger partial charge in [0.2, 0.25) is 0 Å². The largest absolute Gasteiger partial charge is 0.413 e. The van der Waals surface area contributed by atoms with Crippen LogP contribution >= 0.6 is 9.24 Å². The van der Waals surface area contributed by atoms with Crippen LogP contribution in [0, 0.1) is 0 Å². The summed E-state index contributed by atoms with van der Waals surface area (Å²) in [6.45, 7) is 18.2. The van der Waals surface area contributed by atoms with Crippen molar-refractivity contribution in [2.75, 3.05) is 26.2 Å². The van der Waals surface area contributed by atoms with Gasteiger partial charge in [-0.1, -0.05) is 27.7 Å². The van der Waals surface area contributed by atoms with Crippen molar-refractivity contribution in [1.29, 1.82) is 0 Å². The van der Waals surface area contributed by atoms with Gasteiger partial charge in [0.1, 0.15) is 0 Å². The van der Waals surface area contributed by atoms with E-state index in [9.17, 15) is 0 Å². The van der Waals surface area contributed by atoms with E-state index in [1.54, 1.807) is 0 Å². The third-order valence-corrected chi connectivity index (χ3v) is 9.40. The SMILES string of the molecule is CCN[C@@H](P)CN1CC[C@H](O[Si](C)(C)C(C)(C)C)C1. The molecule has 0 saturated carbocycles. The van der Waals surface area contributed by atoms with E-state index in [-0.39, 0.29) is 0 Å². The molecule has 5 heteroatoms. The Bertz CT molecular complexity index is 281. The Labute approximate surface area is 123 Å². The summed E-state index contributed by atoms with van der Waals surface area (Å²) in [5, 5.41) is 3.76. The molecule has 1 heterocycles. The molecule has 1 rings (SSSR count). The Balaban J connectivity index is 2.40. The van der Waals surface area contributed by atoms with Crippen molar-refractivity contribution in [3.05, 3.63) is 0 Å². The standard InChI is InChI=1S/C14H33N2OPSi/c1-7-15-13(18)11-16-9-8-12(10-16)17-19(5,6)14(2,3)4/h12-13,15H,7-11,18H2,1-6H3/t12-,13-/m0/s1. The zero-order valence-corrected chi connectivity index (χ0v) is 15.8. The Hall–Kier alpha value is 0.527. The fourth-order valence-electron chi connectivity index (χ4n) is 2.26. The summed E-state index contributed by atoms with van der Waals surface area (Å²) in [5.41, 5.74) is 0. The number of rotatable bonds is 6. The molecule has 1 aliphatic rings. The second kappa shape index (κ2) is 6.99. The predicted octanol–water partition coefficient (Wildman–Crippen LogP) is 2.89. The van der Waals surface area contributed by atoms with Crippen LogP contribution in [-0.2, 0) is 4.43 Å². The lowest BCUT2D eigenvalue weighted by molar-refractivity contribution is 0.180. The van der Waals surface area contributed by atoms with E-state index in [0.29, 0.717) is 16.9 Å². The molecule has 1 aliphatic heterocycles. The normalized spacial score (nSPS) is 23.8. The van der Waals surface area contributed by atoms with Crippen molar-refractivity contribution in [1.82, 2.24) is 10.2 Å². The summed E-state index contributed by atoms with van der Waals surface area (Å²) in [5.74, 6) is 0.497. The maximum absolute atomic E-state index is 6.51. The molecule has 1 fully saturated rings. The van der Waals surface area contributed by atoms with Crippen molar-refractivity contribution >= 4 is 17.6 Å². The summed E-state index contributed by atoms with van der Waals surface area (Å²) < 4.78 is 6.51. The van der Waals surface area contributed by atoms with Gasteiger partial charge in [-0.25, -0.2) is 0 Å². The molecule has 3 atom stereocenters. The van der Waals surface area contributed by atoms with Crippen LogP contribution in [0.15, 0.2) is 0 Å². The molecule has 0 amide bonds. The lowest BCUT2D eigenvalue weighted by Gasteiger charge is -2.38. The highest BCUT2D eigenvalue weighted by molar-refractivity contribution is 7.17. The molecule has 0 spiro atoms. The summed E-state index contributed by atoms with van der Waals surface area (Å²) in [4.78, 5) is 2.53. The molecule has 0 aromatic heterocycles. The van der Waals surface area contributed by atoms with Gasteiger partial charge in [-0.05, 0) is 31.1 Å². The number of hydrogen-bond donors (Lipinski definition) is 1. The second-order valence-electron chi connectivity index (χ2n) is 7.21. The first kappa shape index (κ1) is 17.6. The third kappa shape index (κ3) is 5.43. The van der Waals surface area contributed by atoms with Gasteiger partial charge in [-0.15, -0.1) is 9.24 Å². The first-order chi connectivity index (χ1) is 8.65. The van der Waals surface area contributed by atoms with E-state index in [1.165, 1.54) is 13.0 Å². The number of likely N-dealkylation sites (N-methyl/N-ethyl adjacent to an activating group) is 1. The van der Waals surface area contributed by atoms with Gasteiger partial charge >= 0.3 is 0 Å². The highest BCUT2D eigenvalue weighted by atomic mass is 31.0. The molecule has 1 saturated heterocycles. The number of likely N-dealkylation sites (tertiary alicyclic amines) is 1. The van der Waals surface area contributed by atoms with Crippen LogP contribution in [0.2, 0.25) is 18.1 Å². The van der Waals surface area contributed by atoms with Crippen LogP contribution in [0.4, 0.5) is 0 Å². The average molecular weight is 304 g/mol. The van der Waals surface area contributed by atoms with Gasteiger partial charge in [0.25, 0.3) is 0 Å². The smallest absolute Gasteiger partial charge is 0.192 e. The van der Waals surface area contributed by atoms with Gasteiger partial charge in [0, 0.05) is 25.4 Å². The Morgan fingerprint density at radius 3 is 2.58 bits per heavy atom. The number of nitrogens with zero attached hydrogens (tertiary/aromatic N) is 1. The minimum absolute atomic E-state index is 0.313. The highest BCUT2D eigenvalue weighted by Crippen LogP contribution is 2.38. The predicted molar refractivity (Wildman–Crippen MR) is 90.3 cm³/mol. The Morgan fingerprint density at radius 2 is 2.05 bits per heavy atom. The highest BCUT2D eigenvalue weighted by Gasteiger charge is 2.40. The molecule has 1 unspecified atom stereocenters. The van der Waals surface area contributed by atoms with Crippen LogP contribution in [0.25, 0.3) is 0 Å². The summed E-state index contributed by atoms with van der Waals surface area (Å²) in [6.07, 6.45) is 1.63. The van der Waals surface area contributed by atoms with Gasteiger partial charge in [0.05, 0.1) is 6.10 Å². The summed E-state index contributed by atoms with van der Waals surface area (Å²) in [6, 6.07) is 0. The minimum Gasteiger partial charge on any atom is -0.413 e. The van der Waals surface area contributed by atoms with Gasteiger partial charge in [-0.3, -0.25) is 4.90 Å². The molecular weight excluding hydrogens is 271 g/mol. The molecule has 0 aliphatic carbocycles. The molecule has 0 aromatic carbocycles. The van der Waals surface area contributed by atoms with Crippen molar-refractivity contribution in [3.8, 4) is 0 Å². The fraction of sp³-hybridized carbons (Fsp3) is 1.00. The zero-order chi connectivity index (χ0) is 14.7. The number of nitrogens with one attached hydrogen (secondary N) is 1. The van der Waals surface area contributed by atoms with Crippen LogP contribution in [0.1, 0.15) is 34.1 Å². The van der Waals surface area contributed by atoms with E-state index >= 15 is 0 Å². The molecule has 3 nitrogen and oxygen atoms in total. The van der Waals surface area contributed by atoms with E-state index in [2.05, 4.69) is 60.2 Å². The van der Waals surface area contributed by atoms with Crippen LogP contribution < -0.4 is 5.32 Å². The monoisotopic (exact) mass is 304 g/mol. The maximum Gasteiger partial charge on any atom is 0.192 e. The van der Waals surface area contributed by atoms with E-state index in [0.717, 1.165) is 19.6 Å². The first-order valence-corrected chi connectivity index (χ1v) is 11.1. The molecule has 114 valence electrons. The topological polar surface area (TPSA) is 24.5 Å². The lowest BCUT2D eigenvalue weighted by Crippen LogP contribution is -2.45. The van der Waals surface area contributed by atoms with Gasteiger partial charge in [-0.2, -0.15) is 0 Å². The van der Waals surface area contributed by atoms with E-state index in [1.807, 2.05) is 0 Å². The molecule has 0 radical (unpaired) electrons. The molecular formula is C14H33N2OPSi. The zero-order valence-electron chi connectivity index (χ0n) is 13.6. The Morgan fingerprint density at radius 1 is 1.42 bits per heavy atom. The molecule has 0 bridgehead atoms. The lowest BCUT2D eigenvalue weighted by atomic mass is 10.2. The van der Waals surface area contributed by atoms with Crippen LogP contribution in [0.5, 0.6) is 0 Å². The molecule has 1 N–H and O–H groups in total. The minimum atomic E-state index is -1.60. The van der Waals surface area contributed by atoms with Crippen molar-refractivity contribution in [3.63, 3.8) is 0 Å². The third-order valence-electron chi connectivity index (χ3n) is 4.42. The first-order valence-electron chi connectivity index (χ1n) is 7.55. The average Bonchev–Trinajstić information content (AvgIpc) is 2.63. The van der Waals surface area contributed by atoms with Crippen molar-refractivity contribution in [2.24, 2.45) is 0 Å². The van der Waals surface area contributed by atoms with Crippen molar-refractivity contribution < 1.29 is 4.43 Å². The van der Waals surface area contributed by atoms with Gasteiger partial charge in [0.15, 0.2) is 8.32 Å². The maximum atomic E-state index is 6.51. The molecule has 0 aromatic rings. The summed E-state index contributed by atoms with van der Waals surface area (Å²) >= 11 is 0. The van der Waals surface area contributed by atoms with Crippen LogP contribution in [0.3, 0.4) is 0 Å². The van der Waals surface area contributed by atoms with Gasteiger partial charge < -0.3 is 9.74 Å². The Kier molecular flexibility index (Phi) is 6.47. The van der Waals surface area contributed by atoms with Crippen molar-refractivity contribution in [2.45, 2.75) is 64.1 Å². The quantitative estimate of drug-likeness (QED) is 0.603. The summed E-state index contributed by atoms with van der Waals surface area (Å²) in [7, 11) is 1.29. The number of hydrogen-bond acceptors (Lipinski definition) is 3. The molecule has 19 heavy (non-hydrogen) atoms. The second-order valence-corrected chi connectivity index (χ2v) is 12.8.